The van der Waals surface area contributed by atoms with E-state index >= 15 is 0 Å². The van der Waals surface area contributed by atoms with E-state index in [-0.39, 0.29) is 11.9 Å². The molecule has 7 heteroatoms. The van der Waals surface area contributed by atoms with Crippen LogP contribution in [0.3, 0.4) is 0 Å². The second-order valence-electron chi connectivity index (χ2n) is 8.02. The van der Waals surface area contributed by atoms with Gasteiger partial charge in [0.2, 0.25) is 0 Å². The molecule has 0 bridgehead atoms. The topological polar surface area (TPSA) is 91.4 Å². The van der Waals surface area contributed by atoms with Crippen molar-refractivity contribution in [1.82, 2.24) is 10.2 Å². The molecule has 0 unspecified atom stereocenters. The van der Waals surface area contributed by atoms with E-state index in [1.807, 2.05) is 13.8 Å². The van der Waals surface area contributed by atoms with Gasteiger partial charge in [-0.2, -0.15) is 5.26 Å². The molecule has 2 aliphatic rings. The molecule has 0 spiro atoms. The number of fused-ring (bicyclic) bond motifs is 1. The fourth-order valence-electron chi connectivity index (χ4n) is 3.84. The number of nitrogens with two attached hydrogens (primary N) is 1. The second kappa shape index (κ2) is 7.95. The Morgan fingerprint density at radius 3 is 2.85 bits per heavy atom. The number of unbranched alkanes of at least 4 members (excludes halogenated alkanes) is 1. The van der Waals surface area contributed by atoms with E-state index in [1.165, 1.54) is 0 Å². The Morgan fingerprint density at radius 2 is 2.19 bits per heavy atom. The smallest absolute Gasteiger partial charge is 0.255 e. The van der Waals surface area contributed by atoms with Crippen molar-refractivity contribution in [2.45, 2.75) is 57.6 Å². The van der Waals surface area contributed by atoms with Crippen molar-refractivity contribution in [2.24, 2.45) is 0 Å². The van der Waals surface area contributed by atoms with E-state index in [0.717, 1.165) is 44.5 Å². The lowest BCUT2D eigenvalue weighted by Crippen LogP contribution is -2.45. The highest BCUT2D eigenvalue weighted by Crippen LogP contribution is 2.44. The Labute approximate surface area is 165 Å². The molecule has 2 heterocycles. The van der Waals surface area contributed by atoms with Crippen LogP contribution < -0.4 is 15.8 Å². The zero-order valence-electron chi connectivity index (χ0n) is 16.0. The summed E-state index contributed by atoms with van der Waals surface area (Å²) in [6, 6.07) is 3.92. The van der Waals surface area contributed by atoms with Crippen molar-refractivity contribution < 1.29 is 9.53 Å². The predicted molar refractivity (Wildman–Crippen MR) is 106 cm³/mol. The molecule has 3 rings (SSSR count). The lowest BCUT2D eigenvalue weighted by molar-refractivity contribution is 0.0898. The van der Waals surface area contributed by atoms with Gasteiger partial charge >= 0.3 is 0 Å². The zero-order valence-corrected chi connectivity index (χ0v) is 16.7. The number of carbonyl (C=O) groups is 1. The molecule has 6 nitrogen and oxygen atoms in total. The monoisotopic (exact) mass is 390 g/mol. The van der Waals surface area contributed by atoms with Crippen LogP contribution in [0.5, 0.6) is 5.75 Å². The number of piperidine rings is 1. The summed E-state index contributed by atoms with van der Waals surface area (Å²) < 4.78 is 6.01. The lowest BCUT2D eigenvalue weighted by atomic mass is 9.98. The highest BCUT2D eigenvalue weighted by Gasteiger charge is 2.36. The lowest BCUT2D eigenvalue weighted by Gasteiger charge is -2.32. The Morgan fingerprint density at radius 1 is 1.48 bits per heavy atom. The number of nitrogens with one attached hydrogen (secondary N) is 1. The number of likely N-dealkylation sites (tertiary alicyclic amines) is 1. The molecule has 1 amide bonds. The van der Waals surface area contributed by atoms with Crippen LogP contribution in [0.25, 0.3) is 0 Å². The van der Waals surface area contributed by atoms with Crippen LogP contribution in [0, 0.1) is 11.3 Å². The normalized spacial score (nSPS) is 19.2. The zero-order chi connectivity index (χ0) is 19.6. The van der Waals surface area contributed by atoms with Crippen LogP contribution in [-0.2, 0) is 6.42 Å². The van der Waals surface area contributed by atoms with Gasteiger partial charge < -0.3 is 20.7 Å². The molecule has 146 valence electrons. The maximum absolute atomic E-state index is 12.9. The quantitative estimate of drug-likeness (QED) is 0.595. The first-order chi connectivity index (χ1) is 12.8. The minimum atomic E-state index is -0.398. The van der Waals surface area contributed by atoms with Crippen molar-refractivity contribution in [2.75, 3.05) is 25.4 Å². The van der Waals surface area contributed by atoms with Gasteiger partial charge in [0.15, 0.2) is 0 Å². The third-order valence-electron chi connectivity index (χ3n) is 5.28. The number of rotatable bonds is 5. The Hall–Kier alpha value is -1.97. The molecule has 3 N–H and O–H groups in total. The molecule has 27 heavy (non-hydrogen) atoms. The largest absolute Gasteiger partial charge is 0.486 e. The molecule has 1 aromatic rings. The highest BCUT2D eigenvalue weighted by atomic mass is 35.5. The molecule has 1 saturated heterocycles. The van der Waals surface area contributed by atoms with Crippen LogP contribution in [0.1, 0.15) is 55.5 Å². The molecular formula is C20H27ClN4O2. The minimum Gasteiger partial charge on any atom is -0.486 e. The first-order valence-corrected chi connectivity index (χ1v) is 9.88. The Balaban J connectivity index is 1.64. The van der Waals surface area contributed by atoms with Crippen LogP contribution in [-0.4, -0.2) is 42.1 Å². The summed E-state index contributed by atoms with van der Waals surface area (Å²) in [6.45, 7) is 6.76. The van der Waals surface area contributed by atoms with Gasteiger partial charge in [0.1, 0.15) is 11.4 Å². The van der Waals surface area contributed by atoms with Gasteiger partial charge in [-0.1, -0.05) is 11.6 Å². The Kier molecular flexibility index (Phi) is 5.83. The molecule has 0 atom stereocenters. The minimum absolute atomic E-state index is 0.131. The summed E-state index contributed by atoms with van der Waals surface area (Å²) in [5.41, 5.74) is 7.49. The number of benzene rings is 1. The van der Waals surface area contributed by atoms with E-state index in [0.29, 0.717) is 34.9 Å². The van der Waals surface area contributed by atoms with Crippen LogP contribution in [0.2, 0.25) is 5.02 Å². The number of hydrogen-bond donors (Lipinski definition) is 2. The average molecular weight is 391 g/mol. The Bertz CT molecular complexity index is 764. The summed E-state index contributed by atoms with van der Waals surface area (Å²) in [5.74, 6) is 0.405. The van der Waals surface area contributed by atoms with E-state index < -0.39 is 5.60 Å². The number of carbonyl (C=O) groups excluding carboxylic acids is 1. The van der Waals surface area contributed by atoms with Crippen molar-refractivity contribution >= 4 is 23.2 Å². The van der Waals surface area contributed by atoms with Crippen molar-refractivity contribution in [3.8, 4) is 11.8 Å². The summed E-state index contributed by atoms with van der Waals surface area (Å²) in [6.07, 6.45) is 3.92. The SMILES string of the molecule is CC1(C)Cc2c(N)c(Cl)cc(C(=O)NC3CCN(CCCC#N)CC3)c2O1. The number of nitriles is 1. The van der Waals surface area contributed by atoms with Gasteiger partial charge in [-0.15, -0.1) is 0 Å². The number of amides is 1. The molecule has 1 fully saturated rings. The number of nitrogens with zero attached hydrogens (tertiary/aromatic N) is 2. The fraction of sp³-hybridized carbons (Fsp3) is 0.600. The van der Waals surface area contributed by atoms with Crippen molar-refractivity contribution in [3.63, 3.8) is 0 Å². The van der Waals surface area contributed by atoms with Crippen molar-refractivity contribution in [1.29, 1.82) is 5.26 Å². The molecule has 1 aromatic carbocycles. The highest BCUT2D eigenvalue weighted by molar-refractivity contribution is 6.33. The predicted octanol–water partition coefficient (Wildman–Crippen LogP) is 3.13. The first-order valence-electron chi connectivity index (χ1n) is 9.51. The summed E-state index contributed by atoms with van der Waals surface area (Å²) in [7, 11) is 0. The average Bonchev–Trinajstić information content (AvgIpc) is 2.95. The van der Waals surface area contributed by atoms with Crippen LogP contribution in [0.15, 0.2) is 6.07 Å². The van der Waals surface area contributed by atoms with Gasteiger partial charge in [0, 0.05) is 37.5 Å². The third kappa shape index (κ3) is 4.48. The molecule has 0 saturated carbocycles. The summed E-state index contributed by atoms with van der Waals surface area (Å²) >= 11 is 6.27. The van der Waals surface area contributed by atoms with E-state index in [9.17, 15) is 4.79 Å². The fourth-order valence-corrected chi connectivity index (χ4v) is 4.07. The van der Waals surface area contributed by atoms with E-state index in [1.54, 1.807) is 6.07 Å². The van der Waals surface area contributed by atoms with Gasteiger partial charge in [0.05, 0.1) is 22.3 Å². The van der Waals surface area contributed by atoms with E-state index in [2.05, 4.69) is 16.3 Å². The maximum Gasteiger partial charge on any atom is 0.255 e. The van der Waals surface area contributed by atoms with Gasteiger partial charge in [0.25, 0.3) is 5.91 Å². The van der Waals surface area contributed by atoms with Crippen LogP contribution in [0.4, 0.5) is 5.69 Å². The number of nitrogen functional groups attached to an aromatic ring is 1. The molecule has 0 radical (unpaired) electrons. The summed E-state index contributed by atoms with van der Waals surface area (Å²) in [5, 5.41) is 12.2. The number of ether oxygens (including phenoxy) is 1. The van der Waals surface area contributed by atoms with Gasteiger partial charge in [-0.05, 0) is 45.7 Å². The number of halogens is 1. The third-order valence-corrected chi connectivity index (χ3v) is 5.60. The standard InChI is InChI=1S/C20H27ClN4O2/c1-20(2)12-15-17(23)16(21)11-14(18(15)27-20)19(26)24-13-5-9-25(10-6-13)8-4-3-7-22/h11,13H,3-6,8-10,12,23H2,1-2H3,(H,24,26). The molecule has 2 aliphatic heterocycles. The van der Waals surface area contributed by atoms with Gasteiger partial charge in [-0.3, -0.25) is 4.79 Å². The van der Waals surface area contributed by atoms with Gasteiger partial charge in [-0.25, -0.2) is 0 Å². The number of anilines is 1. The first kappa shape index (κ1) is 19.8. The molecular weight excluding hydrogens is 364 g/mol. The maximum atomic E-state index is 12.9. The summed E-state index contributed by atoms with van der Waals surface area (Å²) in [4.78, 5) is 15.2. The van der Waals surface area contributed by atoms with Crippen LogP contribution >= 0.6 is 11.6 Å². The van der Waals surface area contributed by atoms with Crippen molar-refractivity contribution in [3.05, 3.63) is 22.2 Å². The van der Waals surface area contributed by atoms with E-state index in [4.69, 9.17) is 27.3 Å². The second-order valence-corrected chi connectivity index (χ2v) is 8.42. The molecule has 0 aromatic heterocycles. The number of hydrogen-bond acceptors (Lipinski definition) is 5. The molecule has 0 aliphatic carbocycles.